The largest absolute Gasteiger partial charge is 0.495 e. The number of anilines is 4. The molecule has 18 nitrogen and oxygen atoms in total. The van der Waals surface area contributed by atoms with Crippen molar-refractivity contribution in [2.24, 2.45) is 14.1 Å². The normalized spacial score (nSPS) is 12.5. The second-order valence-electron chi connectivity index (χ2n) is 22.1. The maximum absolute atomic E-state index is 13.8. The van der Waals surface area contributed by atoms with Gasteiger partial charge in [-0.2, -0.15) is 10.2 Å². The topological polar surface area (TPSA) is 227 Å². The average Bonchev–Trinajstić information content (AvgIpc) is 2.38. The van der Waals surface area contributed by atoms with Gasteiger partial charge >= 0.3 is 11.9 Å². The van der Waals surface area contributed by atoms with Crippen LogP contribution >= 0.6 is 0 Å². The number of carbonyl (C=O) groups is 4. The smallest absolute Gasteiger partial charge is 0.338 e. The van der Waals surface area contributed by atoms with E-state index < -0.39 is 17.5 Å². The maximum atomic E-state index is 13.8. The number of carbonyl (C=O) groups excluding carboxylic acids is 3. The lowest BCUT2D eigenvalue weighted by Crippen LogP contribution is -2.23. The lowest BCUT2D eigenvalue weighted by molar-refractivity contribution is 0.00687. The van der Waals surface area contributed by atoms with Gasteiger partial charge in [0, 0.05) is 50.5 Å². The number of benzene rings is 4. The Kier molecular flexibility index (Phi) is 18.2. The van der Waals surface area contributed by atoms with Gasteiger partial charge in [-0.05, 0) is 166 Å². The Labute approximate surface area is 490 Å². The predicted octanol–water partition coefficient (Wildman–Crippen LogP) is 12.0. The molecule has 2 aliphatic rings. The van der Waals surface area contributed by atoms with Gasteiger partial charge in [0.2, 0.25) is 11.9 Å². The standard InChI is InChI=1S/C35H41N5O4.C31H33N5O4/c1-8-21-12-10-13-22(9-2)26(21)19-28(41)31-25-15-11-14-24-20-36-34(38-30(24)32(25)40(6)39-31)37-27-17-16-23(18-29(27)43-7)33(42)44-35(3,4)5;1-5-18-9-7-10-19(6-2)23(18)16-25(37)28-22-12-8-11-21-17-32-31(34-27(21)29(22)36(3)35-28)33-24-14-13-20(30(38)39)15-26(24)40-4/h10,12-13,16-18,20H,8-9,11,14-15,19H2,1-7H3,(H,36,37,38);7,9-10,13-15,17H,5-6,8,11-12,16H2,1-4H3,(H,38,39)(H,32,33,34). The van der Waals surface area contributed by atoms with Crippen LogP contribution in [0, 0.1) is 0 Å². The van der Waals surface area contributed by atoms with Crippen molar-refractivity contribution in [3.05, 3.63) is 163 Å². The summed E-state index contributed by atoms with van der Waals surface area (Å²) < 4.78 is 20.0. The molecule has 18 heteroatoms. The minimum atomic E-state index is -1.04. The summed E-state index contributed by atoms with van der Waals surface area (Å²) in [5.41, 5.74) is 16.2. The second kappa shape index (κ2) is 25.6. The zero-order chi connectivity index (χ0) is 60.0. The Morgan fingerprint density at radius 1 is 0.583 bits per heavy atom. The molecule has 4 aromatic heterocycles. The third-order valence-corrected chi connectivity index (χ3v) is 15.5. The van der Waals surface area contributed by atoms with Gasteiger partial charge < -0.3 is 30.0 Å². The summed E-state index contributed by atoms with van der Waals surface area (Å²) >= 11 is 0. The SMILES string of the molecule is CCc1cccc(CC)c1CC(=O)c1nn(C)c2c1CCCc1cnc(Nc3ccc(C(=O)O)cc3OC)nc1-2.CCc1cccc(CC)c1CC(=O)c1nn(C)c2c1CCCc1cnc(Nc3ccc(C(=O)OC(C)(C)C)cc3OC)nc1-2. The van der Waals surface area contributed by atoms with E-state index in [1.165, 1.54) is 41.5 Å². The Hall–Kier alpha value is -9.06. The van der Waals surface area contributed by atoms with Gasteiger partial charge in [0.25, 0.3) is 0 Å². The van der Waals surface area contributed by atoms with E-state index in [0.29, 0.717) is 64.6 Å². The molecule has 0 unspecified atom stereocenters. The number of aryl methyl sites for hydroxylation is 8. The molecular weight excluding hydrogens is 1060 g/mol. The highest BCUT2D eigenvalue weighted by Crippen LogP contribution is 2.38. The van der Waals surface area contributed by atoms with Crippen molar-refractivity contribution in [2.45, 2.75) is 131 Å². The van der Waals surface area contributed by atoms with E-state index in [2.05, 4.69) is 84.7 Å². The fourth-order valence-corrected chi connectivity index (χ4v) is 11.3. The van der Waals surface area contributed by atoms with Gasteiger partial charge in [-0.3, -0.25) is 19.0 Å². The number of ether oxygens (including phenoxy) is 3. The number of nitrogens with zero attached hydrogens (tertiary/aromatic N) is 8. The lowest BCUT2D eigenvalue weighted by Gasteiger charge is -2.20. The quantitative estimate of drug-likeness (QED) is 0.0536. The number of rotatable bonds is 18. The highest BCUT2D eigenvalue weighted by molar-refractivity contribution is 6.00. The van der Waals surface area contributed by atoms with E-state index >= 15 is 0 Å². The van der Waals surface area contributed by atoms with Crippen molar-refractivity contribution in [1.82, 2.24) is 39.5 Å². The van der Waals surface area contributed by atoms with Gasteiger partial charge in [-0.1, -0.05) is 64.1 Å². The van der Waals surface area contributed by atoms with Crippen LogP contribution in [0.5, 0.6) is 11.5 Å². The molecule has 2 aliphatic carbocycles. The van der Waals surface area contributed by atoms with Crippen LogP contribution in [0.4, 0.5) is 23.3 Å². The summed E-state index contributed by atoms with van der Waals surface area (Å²) in [5, 5.41) is 25.2. The summed E-state index contributed by atoms with van der Waals surface area (Å²) in [6.07, 6.45) is 12.6. The third kappa shape index (κ3) is 12.8. The summed E-state index contributed by atoms with van der Waals surface area (Å²) in [4.78, 5) is 70.4. The molecule has 0 fully saturated rings. The zero-order valence-corrected chi connectivity index (χ0v) is 50.0. The molecule has 0 saturated heterocycles. The molecule has 436 valence electrons. The first-order valence-corrected chi connectivity index (χ1v) is 28.8. The van der Waals surface area contributed by atoms with Gasteiger partial charge in [0.15, 0.2) is 11.6 Å². The van der Waals surface area contributed by atoms with E-state index in [0.717, 1.165) is 120 Å². The van der Waals surface area contributed by atoms with Crippen LogP contribution in [-0.2, 0) is 83.0 Å². The van der Waals surface area contributed by atoms with Crippen molar-refractivity contribution in [3.63, 3.8) is 0 Å². The van der Waals surface area contributed by atoms with Crippen molar-refractivity contribution in [3.8, 4) is 34.3 Å². The van der Waals surface area contributed by atoms with Gasteiger partial charge in [-0.15, -0.1) is 0 Å². The molecule has 4 heterocycles. The predicted molar refractivity (Wildman–Crippen MR) is 324 cm³/mol. The highest BCUT2D eigenvalue weighted by Gasteiger charge is 2.31. The monoisotopic (exact) mass is 1130 g/mol. The number of methoxy groups -OCH3 is 2. The van der Waals surface area contributed by atoms with E-state index in [1.807, 2.05) is 41.1 Å². The van der Waals surface area contributed by atoms with Gasteiger partial charge in [0.1, 0.15) is 28.5 Å². The number of ketones is 2. The third-order valence-electron chi connectivity index (χ3n) is 15.5. The number of carboxylic acids is 1. The Morgan fingerprint density at radius 3 is 1.37 bits per heavy atom. The van der Waals surface area contributed by atoms with Crippen LogP contribution in [-0.4, -0.2) is 87.9 Å². The van der Waals surface area contributed by atoms with E-state index in [9.17, 15) is 24.3 Å². The number of aromatic nitrogens is 8. The molecule has 8 aromatic rings. The van der Waals surface area contributed by atoms with Crippen molar-refractivity contribution in [2.75, 3.05) is 24.9 Å². The Balaban J connectivity index is 0.000000202. The second-order valence-corrected chi connectivity index (χ2v) is 22.1. The molecule has 10 rings (SSSR count). The molecule has 4 aromatic carbocycles. The number of hydrogen-bond donors (Lipinski definition) is 3. The molecular formula is C66H74N10O8. The van der Waals surface area contributed by atoms with Crippen molar-refractivity contribution >= 4 is 46.8 Å². The number of esters is 1. The van der Waals surface area contributed by atoms with Gasteiger partial charge in [-0.25, -0.2) is 29.5 Å². The number of nitrogens with one attached hydrogen (secondary N) is 2. The minimum Gasteiger partial charge on any atom is -0.495 e. The van der Waals surface area contributed by atoms with Crippen molar-refractivity contribution in [1.29, 1.82) is 0 Å². The molecule has 0 bridgehead atoms. The summed E-state index contributed by atoms with van der Waals surface area (Å²) in [7, 11) is 6.74. The van der Waals surface area contributed by atoms with Crippen molar-refractivity contribution < 1.29 is 38.5 Å². The van der Waals surface area contributed by atoms with E-state index in [1.54, 1.807) is 46.9 Å². The molecule has 0 spiro atoms. The summed E-state index contributed by atoms with van der Waals surface area (Å²) in [6, 6.07) is 22.2. The molecule has 0 radical (unpaired) electrons. The highest BCUT2D eigenvalue weighted by atomic mass is 16.6. The first-order valence-electron chi connectivity index (χ1n) is 28.8. The van der Waals surface area contributed by atoms with E-state index in [-0.39, 0.29) is 17.1 Å². The lowest BCUT2D eigenvalue weighted by atomic mass is 9.92. The van der Waals surface area contributed by atoms with Crippen LogP contribution in [0.3, 0.4) is 0 Å². The zero-order valence-electron chi connectivity index (χ0n) is 50.0. The van der Waals surface area contributed by atoms with Crippen LogP contribution in [0.1, 0.15) is 159 Å². The maximum Gasteiger partial charge on any atom is 0.338 e. The van der Waals surface area contributed by atoms with E-state index in [4.69, 9.17) is 34.4 Å². The minimum absolute atomic E-state index is 0.0200. The fraction of sp³-hybridized carbons (Fsp3) is 0.364. The molecule has 3 N–H and O–H groups in total. The first kappa shape index (κ1) is 59.6. The van der Waals surface area contributed by atoms with Crippen LogP contribution in [0.15, 0.2) is 85.2 Å². The molecule has 84 heavy (non-hydrogen) atoms. The van der Waals surface area contributed by atoms with Crippen LogP contribution in [0.2, 0.25) is 0 Å². The number of carboxylic acid groups (broad SMARTS) is 1. The fourth-order valence-electron chi connectivity index (χ4n) is 11.3. The Bertz CT molecular complexity index is 3770. The molecule has 0 atom stereocenters. The molecule has 0 amide bonds. The van der Waals surface area contributed by atoms with Gasteiger partial charge in [0.05, 0.1) is 59.5 Å². The summed E-state index contributed by atoms with van der Waals surface area (Å²) in [6.45, 7) is 14.0. The first-order chi connectivity index (χ1) is 40.4. The number of fused-ring (bicyclic) bond motifs is 6. The van der Waals surface area contributed by atoms with Crippen LogP contribution in [0.25, 0.3) is 22.8 Å². The Morgan fingerprint density at radius 2 is 0.988 bits per heavy atom. The number of aromatic carboxylic acids is 1. The molecule has 0 aliphatic heterocycles. The number of hydrogen-bond acceptors (Lipinski definition) is 15. The average molecular weight is 1140 g/mol. The van der Waals surface area contributed by atoms with Crippen LogP contribution < -0.4 is 20.1 Å². The summed E-state index contributed by atoms with van der Waals surface area (Å²) in [5.74, 6) is 0.122. The number of Topliss-reactive ketones (excluding diaryl/α,β-unsaturated/α-hetero) is 2. The molecule has 0 saturated carbocycles.